The number of piperidine rings is 1. The summed E-state index contributed by atoms with van der Waals surface area (Å²) in [5, 5.41) is 23.2. The largest absolute Gasteiger partial charge is 0.391 e. The summed E-state index contributed by atoms with van der Waals surface area (Å²) < 4.78 is 0. The second-order valence-electron chi connectivity index (χ2n) is 31.5. The van der Waals surface area contributed by atoms with Crippen LogP contribution in [0.4, 0.5) is 0 Å². The molecule has 2 aromatic carbocycles. The van der Waals surface area contributed by atoms with Gasteiger partial charge in [-0.3, -0.25) is 57.5 Å². The van der Waals surface area contributed by atoms with Crippen molar-refractivity contribution >= 4 is 70.9 Å². The minimum atomic E-state index is -1.43. The van der Waals surface area contributed by atoms with E-state index in [4.69, 9.17) is 0 Å². The number of benzene rings is 2. The summed E-state index contributed by atoms with van der Waals surface area (Å²) in [7, 11) is 10.6. The molecule has 0 bridgehead atoms. The Bertz CT molecular complexity index is 3160. The molecule has 0 saturated carbocycles. The van der Waals surface area contributed by atoms with Gasteiger partial charge in [0.2, 0.25) is 70.9 Å². The zero-order valence-corrected chi connectivity index (χ0v) is 66.2. The molecule has 582 valence electrons. The number of likely N-dealkylation sites (N-methyl/N-ethyl adjacent to an activating group) is 6. The van der Waals surface area contributed by atoms with Crippen molar-refractivity contribution in [2.45, 2.75) is 240 Å². The van der Waals surface area contributed by atoms with E-state index >= 15 is 9.59 Å². The van der Waals surface area contributed by atoms with E-state index in [2.05, 4.69) is 21.3 Å². The maximum absolute atomic E-state index is 15.1. The van der Waals surface area contributed by atoms with Gasteiger partial charge in [0.25, 0.3) is 0 Å². The molecule has 12 amide bonds. The Morgan fingerprint density at radius 1 is 0.462 bits per heavy atom. The van der Waals surface area contributed by atoms with Crippen molar-refractivity contribution in [3.63, 3.8) is 0 Å². The van der Waals surface area contributed by atoms with Gasteiger partial charge < -0.3 is 65.6 Å². The second-order valence-corrected chi connectivity index (χ2v) is 31.5. The van der Waals surface area contributed by atoms with Crippen molar-refractivity contribution in [3.8, 4) is 0 Å². The Morgan fingerprint density at radius 3 is 1.48 bits per heavy atom. The highest BCUT2D eigenvalue weighted by Gasteiger charge is 2.41. The molecular formula is C79H128N12O13. The van der Waals surface area contributed by atoms with Crippen LogP contribution in [0.25, 0.3) is 0 Å². The van der Waals surface area contributed by atoms with Crippen LogP contribution in [0, 0.1) is 41.4 Å². The quantitative estimate of drug-likeness (QED) is 0.130. The average molecular weight is 1450 g/mol. The number of likely N-dealkylation sites (tertiary alicyclic amines) is 1. The van der Waals surface area contributed by atoms with Gasteiger partial charge >= 0.3 is 0 Å². The number of amides is 12. The lowest BCUT2D eigenvalue weighted by molar-refractivity contribution is -0.148. The van der Waals surface area contributed by atoms with Crippen LogP contribution in [-0.4, -0.2) is 251 Å². The van der Waals surface area contributed by atoms with Gasteiger partial charge in [-0.05, 0) is 99.5 Å². The van der Waals surface area contributed by atoms with Crippen molar-refractivity contribution < 1.29 is 62.6 Å². The second kappa shape index (κ2) is 42.3. The first-order chi connectivity index (χ1) is 48.8. The molecule has 0 unspecified atom stereocenters. The van der Waals surface area contributed by atoms with Gasteiger partial charge in [-0.15, -0.1) is 0 Å². The van der Waals surface area contributed by atoms with Crippen molar-refractivity contribution in [1.29, 1.82) is 0 Å². The molecule has 0 aromatic heterocycles. The minimum absolute atomic E-state index is 0.0167. The van der Waals surface area contributed by atoms with Crippen molar-refractivity contribution in [2.24, 2.45) is 41.4 Å². The third-order valence-electron chi connectivity index (χ3n) is 20.8. The summed E-state index contributed by atoms with van der Waals surface area (Å²) in [5.74, 6) is -8.71. The van der Waals surface area contributed by atoms with Gasteiger partial charge in [0, 0.05) is 120 Å². The zero-order valence-electron chi connectivity index (χ0n) is 66.2. The molecule has 0 aliphatic carbocycles. The highest BCUT2D eigenvalue weighted by molar-refractivity contribution is 5.97. The predicted octanol–water partition coefficient (Wildman–Crippen LogP) is 5.93. The van der Waals surface area contributed by atoms with Crippen LogP contribution in [-0.2, 0) is 70.4 Å². The lowest BCUT2D eigenvalue weighted by atomic mass is 9.92. The first-order valence-corrected chi connectivity index (χ1v) is 37.8. The molecule has 2 aromatic rings. The molecule has 104 heavy (non-hydrogen) atoms. The molecule has 25 nitrogen and oxygen atoms in total. The molecule has 2 aliphatic rings. The molecule has 0 spiro atoms. The minimum Gasteiger partial charge on any atom is -0.391 e. The first kappa shape index (κ1) is 88.4. The highest BCUT2D eigenvalue weighted by atomic mass is 16.3. The fourth-order valence-electron chi connectivity index (χ4n) is 13.8. The SMILES string of the molecule is CC[C@H](C)[C@H]1CC(=O)N(C)C[C@@H](C)C(=O)N(C)[C@@H](Cc2ccccc2)C(=O)N[C@@H](CC(C)C)C(=O)N[C@H](C(=O)N2CCCCC2)CC(=O)N(C)[C@@H](C)C(=O)N(C)[C@@H](CC(C)C)CC(=O)N(C)[C@H](CC(C)C)C(=O)N[C@@H]([C@@H](C)O)CC(=O)N(C)[C@@H](Cc2ccccc2)C(=O)N(C)C[C@H](CC(C)C)C(=O)N1. The number of hydrogen-bond donors (Lipinski definition) is 5. The van der Waals surface area contributed by atoms with E-state index in [1.807, 2.05) is 118 Å². The lowest BCUT2D eigenvalue weighted by Gasteiger charge is -2.37. The summed E-state index contributed by atoms with van der Waals surface area (Å²) in [4.78, 5) is 188. The van der Waals surface area contributed by atoms with Gasteiger partial charge in [0.05, 0.1) is 30.4 Å². The summed E-state index contributed by atoms with van der Waals surface area (Å²) in [5.41, 5.74) is 1.45. The van der Waals surface area contributed by atoms with E-state index < -0.39 is 144 Å². The Morgan fingerprint density at radius 2 is 0.952 bits per heavy atom. The summed E-state index contributed by atoms with van der Waals surface area (Å²) in [6, 6.07) is 8.34. The molecule has 2 aliphatic heterocycles. The average Bonchev–Trinajstić information content (AvgIpc) is 0.861. The Kier molecular flexibility index (Phi) is 35.9. The molecule has 2 fully saturated rings. The number of nitrogens with zero attached hydrogens (tertiary/aromatic N) is 8. The topological polar surface area (TPSA) is 299 Å². The van der Waals surface area contributed by atoms with Crippen LogP contribution in [0.1, 0.15) is 178 Å². The van der Waals surface area contributed by atoms with Gasteiger partial charge in [0.15, 0.2) is 0 Å². The number of aliphatic hydroxyl groups excluding tert-OH is 1. The maximum atomic E-state index is 15.1. The monoisotopic (exact) mass is 1450 g/mol. The molecule has 5 N–H and O–H groups in total. The molecule has 13 atom stereocenters. The van der Waals surface area contributed by atoms with Crippen LogP contribution in [0.3, 0.4) is 0 Å². The molecule has 4 rings (SSSR count). The van der Waals surface area contributed by atoms with E-state index in [0.29, 0.717) is 50.8 Å². The van der Waals surface area contributed by atoms with Crippen molar-refractivity contribution in [3.05, 3.63) is 71.8 Å². The number of hydrogen-bond acceptors (Lipinski definition) is 13. The standard InChI is InChI=1S/C79H128N12O13/c1-21-53(10)61-44-68(93)84(14)47-54(11)76(101)90(20)66(41-57-31-25-22-26-32-57)75(100)82-63(39-51(6)7)73(98)83-64(78(103)91-35-29-24-30-36-91)46-70(95)86(16)55(12)77(102)87(17)60(38-50(4)5)43-69(94)88(18)65(40-52(8)9)74(99)81-62(56(13)92)45-71(96)89(19)67(42-58-33-27-23-28-34-58)79(104)85(15)48-59(37-49(2)3)72(97)80-61/h22-23,25-28,31-34,49-56,59-67,92H,21,24,29-30,35-48H2,1-20H3,(H,80,97)(H,81,99)(H,82,100)(H,83,98)/t53-,54+,55-,56+,59-,60-,61+,62+,63-,64-,65+,66-,67-/m0/s1. The van der Waals surface area contributed by atoms with Crippen LogP contribution in [0.2, 0.25) is 0 Å². The Hall–Kier alpha value is -7.96. The predicted molar refractivity (Wildman–Crippen MR) is 402 cm³/mol. The summed E-state index contributed by atoms with van der Waals surface area (Å²) in [6.07, 6.45) is 1.29. The highest BCUT2D eigenvalue weighted by Crippen LogP contribution is 2.25. The molecule has 25 heteroatoms. The van der Waals surface area contributed by atoms with Gasteiger partial charge in [0.1, 0.15) is 36.3 Å². The van der Waals surface area contributed by atoms with E-state index in [-0.39, 0.29) is 93.0 Å². The van der Waals surface area contributed by atoms with Crippen LogP contribution >= 0.6 is 0 Å². The number of rotatable bonds is 16. The summed E-state index contributed by atoms with van der Waals surface area (Å²) in [6.45, 7) is 24.5. The fourth-order valence-corrected chi connectivity index (χ4v) is 13.8. The number of aliphatic hydroxyl groups is 1. The van der Waals surface area contributed by atoms with Crippen molar-refractivity contribution in [1.82, 2.24) is 60.5 Å². The van der Waals surface area contributed by atoms with E-state index in [1.54, 1.807) is 45.1 Å². The zero-order chi connectivity index (χ0) is 78.1. The van der Waals surface area contributed by atoms with Crippen LogP contribution in [0.5, 0.6) is 0 Å². The molecule has 0 radical (unpaired) electrons. The number of carbonyl (C=O) groups is 12. The Labute approximate surface area is 620 Å². The molecule has 2 saturated heterocycles. The van der Waals surface area contributed by atoms with Crippen LogP contribution in [0.15, 0.2) is 60.7 Å². The van der Waals surface area contributed by atoms with Gasteiger partial charge in [-0.2, -0.15) is 0 Å². The Balaban J connectivity index is 1.87. The first-order valence-electron chi connectivity index (χ1n) is 37.8. The number of carbonyl (C=O) groups excluding carboxylic acids is 12. The normalized spacial score (nSPS) is 26.2. The lowest BCUT2D eigenvalue weighted by Crippen LogP contribution is -2.59. The van der Waals surface area contributed by atoms with E-state index in [9.17, 15) is 53.1 Å². The smallest absolute Gasteiger partial charge is 0.245 e. The molecule has 2 heterocycles. The van der Waals surface area contributed by atoms with Gasteiger partial charge in [-0.1, -0.05) is 143 Å². The third kappa shape index (κ3) is 26.9. The molecular weight excluding hydrogens is 1320 g/mol. The van der Waals surface area contributed by atoms with E-state index in [1.165, 1.54) is 76.3 Å². The summed E-state index contributed by atoms with van der Waals surface area (Å²) >= 11 is 0. The van der Waals surface area contributed by atoms with Crippen molar-refractivity contribution in [2.75, 3.05) is 75.5 Å². The fraction of sp³-hybridized carbons (Fsp3) is 0.696. The van der Waals surface area contributed by atoms with Crippen LogP contribution < -0.4 is 21.3 Å². The van der Waals surface area contributed by atoms with E-state index in [0.717, 1.165) is 12.0 Å². The number of nitrogens with one attached hydrogen (secondary N) is 4. The maximum Gasteiger partial charge on any atom is 0.245 e. The van der Waals surface area contributed by atoms with Gasteiger partial charge in [-0.25, -0.2) is 0 Å². The third-order valence-corrected chi connectivity index (χ3v) is 20.8.